The van der Waals surface area contributed by atoms with Gasteiger partial charge in [0, 0.05) is 30.2 Å². The summed E-state index contributed by atoms with van der Waals surface area (Å²) in [6, 6.07) is 13.6. The molecule has 7 nitrogen and oxygen atoms in total. The third kappa shape index (κ3) is 4.41. The van der Waals surface area contributed by atoms with Crippen molar-refractivity contribution >= 4 is 22.6 Å². The zero-order valence-corrected chi connectivity index (χ0v) is 16.9. The number of pyridine rings is 2. The molecule has 0 fully saturated rings. The molecule has 30 heavy (non-hydrogen) atoms. The Balaban J connectivity index is 1.47. The average Bonchev–Trinajstić information content (AvgIpc) is 2.73. The van der Waals surface area contributed by atoms with Gasteiger partial charge in [-0.25, -0.2) is 4.98 Å². The van der Waals surface area contributed by atoms with Crippen LogP contribution in [0.15, 0.2) is 54.9 Å². The molecular weight excluding hydrogens is 376 g/mol. The maximum absolute atomic E-state index is 12.6. The van der Waals surface area contributed by atoms with Gasteiger partial charge >= 0.3 is 0 Å². The van der Waals surface area contributed by atoms with E-state index in [9.17, 15) is 4.79 Å². The highest BCUT2D eigenvalue weighted by molar-refractivity contribution is 5.93. The van der Waals surface area contributed by atoms with Gasteiger partial charge in [-0.1, -0.05) is 12.1 Å². The number of benzene rings is 1. The Bertz CT molecular complexity index is 1240. The highest BCUT2D eigenvalue weighted by Crippen LogP contribution is 2.17. The van der Waals surface area contributed by atoms with E-state index in [0.717, 1.165) is 39.0 Å². The minimum atomic E-state index is -0.208. The Hall–Kier alpha value is -3.87. The first-order valence-electron chi connectivity index (χ1n) is 9.65. The van der Waals surface area contributed by atoms with Gasteiger partial charge < -0.3 is 11.1 Å². The van der Waals surface area contributed by atoms with Gasteiger partial charge in [0.25, 0.3) is 5.91 Å². The summed E-state index contributed by atoms with van der Waals surface area (Å²) in [4.78, 5) is 21.2. The number of aryl methyl sites for hydroxylation is 2. The summed E-state index contributed by atoms with van der Waals surface area (Å²) >= 11 is 0. The van der Waals surface area contributed by atoms with Crippen LogP contribution < -0.4 is 11.1 Å². The molecule has 0 aliphatic rings. The highest BCUT2D eigenvalue weighted by Gasteiger charge is 2.10. The van der Waals surface area contributed by atoms with Crippen LogP contribution in [0.3, 0.4) is 0 Å². The Morgan fingerprint density at radius 1 is 1.07 bits per heavy atom. The van der Waals surface area contributed by atoms with Crippen molar-refractivity contribution in [2.75, 3.05) is 5.73 Å². The maximum atomic E-state index is 12.6. The molecule has 1 amide bonds. The summed E-state index contributed by atoms with van der Waals surface area (Å²) in [7, 11) is 0. The van der Waals surface area contributed by atoms with Crippen molar-refractivity contribution in [3.63, 3.8) is 0 Å². The lowest BCUT2D eigenvalue weighted by Crippen LogP contribution is -2.24. The number of nitrogens with two attached hydrogens (primary N) is 1. The molecular formula is C23H22N6O. The molecule has 0 saturated heterocycles. The Labute approximate surface area is 174 Å². The van der Waals surface area contributed by atoms with Crippen molar-refractivity contribution < 1.29 is 4.79 Å². The fourth-order valence-electron chi connectivity index (χ4n) is 3.31. The van der Waals surface area contributed by atoms with Crippen LogP contribution in [0.1, 0.15) is 38.4 Å². The van der Waals surface area contributed by atoms with Crippen molar-refractivity contribution in [2.45, 2.75) is 26.8 Å². The van der Waals surface area contributed by atoms with Crippen LogP contribution in [-0.2, 0) is 13.0 Å². The molecule has 3 aromatic heterocycles. The number of hydrogen-bond donors (Lipinski definition) is 2. The normalized spacial score (nSPS) is 10.9. The number of nitrogen functional groups attached to an aromatic ring is 1. The molecule has 0 aliphatic heterocycles. The predicted octanol–water partition coefficient (Wildman–Crippen LogP) is 3.14. The summed E-state index contributed by atoms with van der Waals surface area (Å²) in [5, 5.41) is 12.2. The third-order valence-corrected chi connectivity index (χ3v) is 4.89. The third-order valence-electron chi connectivity index (χ3n) is 4.89. The van der Waals surface area contributed by atoms with Crippen molar-refractivity contribution in [1.29, 1.82) is 0 Å². The first-order chi connectivity index (χ1) is 14.5. The molecule has 0 atom stereocenters. The number of rotatable bonds is 5. The van der Waals surface area contributed by atoms with Crippen LogP contribution in [0.5, 0.6) is 0 Å². The summed E-state index contributed by atoms with van der Waals surface area (Å²) in [5.41, 5.74) is 11.7. The molecule has 0 radical (unpaired) electrons. The zero-order chi connectivity index (χ0) is 21.1. The average molecular weight is 398 g/mol. The number of amides is 1. The van der Waals surface area contributed by atoms with Gasteiger partial charge in [0.15, 0.2) is 0 Å². The van der Waals surface area contributed by atoms with E-state index in [1.54, 1.807) is 12.1 Å². The minimum Gasteiger partial charge on any atom is -0.384 e. The molecule has 7 heteroatoms. The van der Waals surface area contributed by atoms with Gasteiger partial charge in [0.2, 0.25) is 0 Å². The Kier molecular flexibility index (Phi) is 5.34. The molecule has 3 N–H and O–H groups in total. The SMILES string of the molecule is Cc1cnc2ccc(Cc3cc(C(=O)NCc4ccc(N)nc4C)cnn3)cc2c1. The molecule has 150 valence electrons. The number of fused-ring (bicyclic) bond motifs is 1. The van der Waals surface area contributed by atoms with E-state index >= 15 is 0 Å². The topological polar surface area (TPSA) is 107 Å². The van der Waals surface area contributed by atoms with Crippen LogP contribution in [0.2, 0.25) is 0 Å². The van der Waals surface area contributed by atoms with Crippen LogP contribution >= 0.6 is 0 Å². The van der Waals surface area contributed by atoms with Crippen molar-refractivity contribution in [3.8, 4) is 0 Å². The number of carbonyl (C=O) groups excluding carboxylic acids is 1. The van der Waals surface area contributed by atoms with Gasteiger partial charge in [-0.2, -0.15) is 10.2 Å². The molecule has 4 aromatic rings. The Morgan fingerprint density at radius 2 is 1.93 bits per heavy atom. The van der Waals surface area contributed by atoms with E-state index in [2.05, 4.69) is 37.6 Å². The van der Waals surface area contributed by atoms with E-state index in [4.69, 9.17) is 5.73 Å². The second-order valence-corrected chi connectivity index (χ2v) is 7.32. The van der Waals surface area contributed by atoms with Crippen molar-refractivity contribution in [2.24, 2.45) is 0 Å². The number of aromatic nitrogens is 4. The number of carbonyl (C=O) groups is 1. The molecule has 0 spiro atoms. The largest absolute Gasteiger partial charge is 0.384 e. The minimum absolute atomic E-state index is 0.208. The lowest BCUT2D eigenvalue weighted by Gasteiger charge is -2.09. The van der Waals surface area contributed by atoms with E-state index in [1.165, 1.54) is 6.20 Å². The van der Waals surface area contributed by atoms with Gasteiger partial charge in [-0.3, -0.25) is 9.78 Å². The smallest absolute Gasteiger partial charge is 0.253 e. The van der Waals surface area contributed by atoms with Crippen LogP contribution in [0.25, 0.3) is 10.9 Å². The number of nitrogens with one attached hydrogen (secondary N) is 1. The van der Waals surface area contributed by atoms with E-state index in [0.29, 0.717) is 24.3 Å². The van der Waals surface area contributed by atoms with Gasteiger partial charge in [-0.05, 0) is 60.9 Å². The monoisotopic (exact) mass is 398 g/mol. The van der Waals surface area contributed by atoms with Crippen LogP contribution in [0.4, 0.5) is 5.82 Å². The summed E-state index contributed by atoms with van der Waals surface area (Å²) < 4.78 is 0. The first-order valence-corrected chi connectivity index (χ1v) is 9.65. The molecule has 0 bridgehead atoms. The standard InChI is InChI=1S/C23H22N6O/c1-14-7-18-8-16(3-5-21(18)25-11-14)9-20-10-19(13-27-29-20)23(30)26-12-17-4-6-22(24)28-15(17)2/h3-8,10-11,13H,9,12H2,1-2H3,(H2,24,28)(H,26,30). The molecule has 0 aliphatic carbocycles. The molecule has 4 rings (SSSR count). The number of nitrogens with zero attached hydrogens (tertiary/aromatic N) is 4. The first kappa shape index (κ1) is 19.4. The van der Waals surface area contributed by atoms with E-state index in [1.807, 2.05) is 38.2 Å². The highest BCUT2D eigenvalue weighted by atomic mass is 16.1. The van der Waals surface area contributed by atoms with Crippen LogP contribution in [0, 0.1) is 13.8 Å². The van der Waals surface area contributed by atoms with Crippen molar-refractivity contribution in [1.82, 2.24) is 25.5 Å². The number of hydrogen-bond acceptors (Lipinski definition) is 6. The van der Waals surface area contributed by atoms with E-state index in [-0.39, 0.29) is 5.91 Å². The lowest BCUT2D eigenvalue weighted by molar-refractivity contribution is 0.0950. The quantitative estimate of drug-likeness (QED) is 0.535. The fourth-order valence-corrected chi connectivity index (χ4v) is 3.31. The van der Waals surface area contributed by atoms with Gasteiger partial charge in [-0.15, -0.1) is 0 Å². The molecule has 1 aromatic carbocycles. The molecule has 3 heterocycles. The Morgan fingerprint density at radius 3 is 2.77 bits per heavy atom. The predicted molar refractivity (Wildman–Crippen MR) is 116 cm³/mol. The fraction of sp³-hybridized carbons (Fsp3) is 0.174. The maximum Gasteiger partial charge on any atom is 0.253 e. The van der Waals surface area contributed by atoms with Crippen molar-refractivity contribution in [3.05, 3.63) is 88.5 Å². The second-order valence-electron chi connectivity index (χ2n) is 7.32. The number of anilines is 1. The summed E-state index contributed by atoms with van der Waals surface area (Å²) in [6.45, 7) is 4.26. The lowest BCUT2D eigenvalue weighted by atomic mass is 10.0. The van der Waals surface area contributed by atoms with Gasteiger partial charge in [0.05, 0.1) is 23.0 Å². The second kappa shape index (κ2) is 8.24. The zero-order valence-electron chi connectivity index (χ0n) is 16.9. The van der Waals surface area contributed by atoms with Crippen LogP contribution in [-0.4, -0.2) is 26.1 Å². The van der Waals surface area contributed by atoms with E-state index < -0.39 is 0 Å². The van der Waals surface area contributed by atoms with Gasteiger partial charge in [0.1, 0.15) is 5.82 Å². The summed E-state index contributed by atoms with van der Waals surface area (Å²) in [5.74, 6) is 0.255. The molecule has 0 saturated carbocycles. The molecule has 0 unspecified atom stereocenters. The summed E-state index contributed by atoms with van der Waals surface area (Å²) in [6.07, 6.45) is 3.91.